The maximum atomic E-state index is 11.5. The van der Waals surface area contributed by atoms with E-state index in [1.807, 2.05) is 64.1 Å². The number of carbonyl (C=O) groups excluding carboxylic acids is 1. The standard InChI is InChI=1S/C23H30O4.C22H30O.C6H6/c1-9-26-20-14(2)10-18(11-15(20)3)23(6,7)19-12-16(4)21(17(5)13-19)27-22(24)25-8;1-9-23-21-16(4)12-20(13-17(21)5)22(7,8)19-10-14(2)18(6)15(3)11-19;1-2-4-6-5-3-1/h10-13H,9H2,1-8H3;10-13H,9H2,1-8H3;1-6H. The summed E-state index contributed by atoms with van der Waals surface area (Å²) in [5, 5.41) is 0. The monoisotopic (exact) mass is 758 g/mol. The Morgan fingerprint density at radius 2 is 0.696 bits per heavy atom. The van der Waals surface area contributed by atoms with Crippen LogP contribution in [-0.2, 0) is 15.6 Å². The van der Waals surface area contributed by atoms with Crippen molar-refractivity contribution >= 4 is 6.16 Å². The second kappa shape index (κ2) is 19.7. The first-order valence-corrected chi connectivity index (χ1v) is 19.7. The third-order valence-corrected chi connectivity index (χ3v) is 10.8. The molecule has 0 saturated carbocycles. The van der Waals surface area contributed by atoms with Crippen LogP contribution < -0.4 is 14.2 Å². The van der Waals surface area contributed by atoms with Gasteiger partial charge in [0.15, 0.2) is 0 Å². The highest BCUT2D eigenvalue weighted by atomic mass is 16.7. The van der Waals surface area contributed by atoms with Gasteiger partial charge in [0.2, 0.25) is 0 Å². The van der Waals surface area contributed by atoms with Crippen molar-refractivity contribution in [2.45, 2.75) is 115 Å². The van der Waals surface area contributed by atoms with Crippen LogP contribution in [0.4, 0.5) is 4.79 Å². The molecular formula is C51H66O5. The number of carbonyl (C=O) groups is 1. The molecule has 0 heterocycles. The van der Waals surface area contributed by atoms with Crippen molar-refractivity contribution < 1.29 is 23.7 Å². The molecule has 0 N–H and O–H groups in total. The average Bonchev–Trinajstić information content (AvgIpc) is 3.15. The number of methoxy groups -OCH3 is 1. The quantitative estimate of drug-likeness (QED) is 0.111. The zero-order chi connectivity index (χ0) is 42.0. The topological polar surface area (TPSA) is 54.0 Å². The van der Waals surface area contributed by atoms with Gasteiger partial charge in [-0.3, -0.25) is 0 Å². The normalized spacial score (nSPS) is 11.1. The van der Waals surface area contributed by atoms with E-state index in [1.165, 1.54) is 51.6 Å². The van der Waals surface area contributed by atoms with Crippen molar-refractivity contribution in [1.82, 2.24) is 0 Å². The second-order valence-corrected chi connectivity index (χ2v) is 15.9. The highest BCUT2D eigenvalue weighted by Gasteiger charge is 2.28. The van der Waals surface area contributed by atoms with Crippen molar-refractivity contribution in [3.63, 3.8) is 0 Å². The molecular weight excluding hydrogens is 693 g/mol. The molecule has 5 aromatic rings. The molecule has 300 valence electrons. The molecule has 5 rings (SSSR count). The van der Waals surface area contributed by atoms with Gasteiger partial charge >= 0.3 is 6.16 Å². The van der Waals surface area contributed by atoms with Gasteiger partial charge < -0.3 is 18.9 Å². The molecule has 5 heteroatoms. The summed E-state index contributed by atoms with van der Waals surface area (Å²) in [4.78, 5) is 11.5. The third-order valence-electron chi connectivity index (χ3n) is 10.8. The van der Waals surface area contributed by atoms with Crippen LogP contribution in [0.3, 0.4) is 0 Å². The lowest BCUT2D eigenvalue weighted by Crippen LogP contribution is -2.20. The number of benzene rings is 5. The fourth-order valence-electron chi connectivity index (χ4n) is 7.08. The van der Waals surface area contributed by atoms with E-state index in [-0.39, 0.29) is 10.8 Å². The Morgan fingerprint density at radius 3 is 0.946 bits per heavy atom. The van der Waals surface area contributed by atoms with Crippen molar-refractivity contribution in [2.24, 2.45) is 0 Å². The van der Waals surface area contributed by atoms with Crippen LogP contribution in [0.5, 0.6) is 17.2 Å². The van der Waals surface area contributed by atoms with Crippen LogP contribution in [0.1, 0.15) is 114 Å². The van der Waals surface area contributed by atoms with E-state index < -0.39 is 6.16 Å². The largest absolute Gasteiger partial charge is 0.513 e. The second-order valence-electron chi connectivity index (χ2n) is 15.9. The number of aryl methyl sites for hydroxylation is 8. The molecule has 5 nitrogen and oxygen atoms in total. The minimum absolute atomic E-state index is 0.0243. The molecule has 0 spiro atoms. The smallest absolute Gasteiger partial charge is 0.493 e. The van der Waals surface area contributed by atoms with Crippen LogP contribution in [0.2, 0.25) is 0 Å². The number of rotatable bonds is 9. The first kappa shape index (κ1) is 45.4. The average molecular weight is 759 g/mol. The van der Waals surface area contributed by atoms with Gasteiger partial charge in [-0.1, -0.05) is 113 Å². The molecule has 0 amide bonds. The lowest BCUT2D eigenvalue weighted by molar-refractivity contribution is 0.121. The van der Waals surface area contributed by atoms with Crippen molar-refractivity contribution in [3.05, 3.63) is 157 Å². The summed E-state index contributed by atoms with van der Waals surface area (Å²) < 4.78 is 21.5. The Hall–Kier alpha value is -5.03. The third kappa shape index (κ3) is 11.1. The predicted octanol–water partition coefficient (Wildman–Crippen LogP) is 13.4. The summed E-state index contributed by atoms with van der Waals surface area (Å²) in [7, 11) is 1.31. The van der Waals surface area contributed by atoms with Gasteiger partial charge in [0.05, 0.1) is 20.3 Å². The van der Waals surface area contributed by atoms with E-state index in [4.69, 9.17) is 14.2 Å². The van der Waals surface area contributed by atoms with E-state index in [2.05, 4.69) is 129 Å². The number of hydrogen-bond donors (Lipinski definition) is 0. The summed E-state index contributed by atoms with van der Waals surface area (Å²) in [5.41, 5.74) is 15.5. The van der Waals surface area contributed by atoms with E-state index in [0.717, 1.165) is 39.3 Å². The molecule has 0 aliphatic heterocycles. The van der Waals surface area contributed by atoms with E-state index in [1.54, 1.807) is 0 Å². The minimum atomic E-state index is -0.703. The molecule has 0 aromatic heterocycles. The molecule has 0 saturated heterocycles. The fraction of sp³-hybridized carbons (Fsp3) is 0.392. The highest BCUT2D eigenvalue weighted by molar-refractivity contribution is 5.66. The lowest BCUT2D eigenvalue weighted by Gasteiger charge is -2.29. The van der Waals surface area contributed by atoms with Crippen molar-refractivity contribution in [2.75, 3.05) is 20.3 Å². The number of hydrogen-bond acceptors (Lipinski definition) is 5. The SMILES string of the molecule is CCOc1c(C)cc(C(C)(C)c2cc(C)c(C)c(C)c2)cc1C.CCOc1c(C)cc(C(C)(C)c2cc(C)c(OC(=O)OC)c(C)c2)cc1C.c1ccccc1. The molecule has 0 aliphatic carbocycles. The summed E-state index contributed by atoms with van der Waals surface area (Å²) in [6.07, 6.45) is -0.703. The van der Waals surface area contributed by atoms with Gasteiger partial charge in [-0.2, -0.15) is 0 Å². The van der Waals surface area contributed by atoms with Crippen LogP contribution in [0, 0.1) is 62.3 Å². The Kier molecular flexibility index (Phi) is 16.0. The molecule has 0 radical (unpaired) electrons. The lowest BCUT2D eigenvalue weighted by atomic mass is 9.75. The Morgan fingerprint density at radius 1 is 0.446 bits per heavy atom. The van der Waals surface area contributed by atoms with E-state index >= 15 is 0 Å². The van der Waals surface area contributed by atoms with Crippen LogP contribution in [-0.4, -0.2) is 26.5 Å². The van der Waals surface area contributed by atoms with E-state index in [0.29, 0.717) is 19.0 Å². The maximum absolute atomic E-state index is 11.5. The first-order valence-electron chi connectivity index (χ1n) is 19.7. The summed E-state index contributed by atoms with van der Waals surface area (Å²) in [5.74, 6) is 2.55. The van der Waals surface area contributed by atoms with Gasteiger partial charge in [0.1, 0.15) is 17.2 Å². The van der Waals surface area contributed by atoms with Crippen molar-refractivity contribution in [1.29, 1.82) is 0 Å². The maximum Gasteiger partial charge on any atom is 0.513 e. The predicted molar refractivity (Wildman–Crippen MR) is 234 cm³/mol. The fourth-order valence-corrected chi connectivity index (χ4v) is 7.08. The van der Waals surface area contributed by atoms with Crippen LogP contribution in [0.15, 0.2) is 84.9 Å². The highest BCUT2D eigenvalue weighted by Crippen LogP contribution is 2.39. The Labute approximate surface area is 338 Å². The van der Waals surface area contributed by atoms with Crippen LogP contribution in [0.25, 0.3) is 0 Å². The zero-order valence-electron chi connectivity index (χ0n) is 37.0. The Bertz CT molecular complexity index is 1970. The van der Waals surface area contributed by atoms with Gasteiger partial charge in [0.25, 0.3) is 0 Å². The van der Waals surface area contributed by atoms with Gasteiger partial charge in [-0.05, 0) is 148 Å². The summed E-state index contributed by atoms with van der Waals surface area (Å²) in [6.45, 7) is 33.4. The molecule has 0 unspecified atom stereocenters. The number of ether oxygens (including phenoxy) is 4. The Balaban J connectivity index is 0.000000263. The molecule has 0 bridgehead atoms. The van der Waals surface area contributed by atoms with Crippen molar-refractivity contribution in [3.8, 4) is 17.2 Å². The molecule has 0 atom stereocenters. The van der Waals surface area contributed by atoms with Gasteiger partial charge in [-0.15, -0.1) is 0 Å². The zero-order valence-corrected chi connectivity index (χ0v) is 37.0. The minimum Gasteiger partial charge on any atom is -0.493 e. The summed E-state index contributed by atoms with van der Waals surface area (Å²) in [6, 6.07) is 29.8. The van der Waals surface area contributed by atoms with Gasteiger partial charge in [0, 0.05) is 10.8 Å². The van der Waals surface area contributed by atoms with E-state index in [9.17, 15) is 4.79 Å². The van der Waals surface area contributed by atoms with Gasteiger partial charge in [-0.25, -0.2) is 4.79 Å². The molecule has 0 aliphatic rings. The first-order chi connectivity index (χ1) is 26.3. The molecule has 0 fully saturated rings. The molecule has 56 heavy (non-hydrogen) atoms. The van der Waals surface area contributed by atoms with Crippen LogP contribution >= 0.6 is 0 Å². The summed E-state index contributed by atoms with van der Waals surface area (Å²) >= 11 is 0. The molecule has 5 aromatic carbocycles.